The summed E-state index contributed by atoms with van der Waals surface area (Å²) in [6.07, 6.45) is 7.03. The van der Waals surface area contributed by atoms with E-state index in [4.69, 9.17) is 15.0 Å². The average Bonchev–Trinajstić information content (AvgIpc) is 3.32. The lowest BCUT2D eigenvalue weighted by molar-refractivity contribution is 0.168. The molecule has 5 nitrogen and oxygen atoms in total. The zero-order valence-corrected chi connectivity index (χ0v) is 22.4. The van der Waals surface area contributed by atoms with Crippen molar-refractivity contribution in [3.8, 4) is 22.7 Å². The van der Waals surface area contributed by atoms with Crippen molar-refractivity contribution in [2.75, 3.05) is 7.11 Å². The molecular formula is C32H38N4O. The summed E-state index contributed by atoms with van der Waals surface area (Å²) in [6.45, 7) is 6.24. The molecule has 0 amide bonds. The number of aryl methyl sites for hydroxylation is 1. The molecule has 2 heterocycles. The van der Waals surface area contributed by atoms with E-state index in [1.165, 1.54) is 41.6 Å². The third-order valence-electron chi connectivity index (χ3n) is 7.46. The molecule has 1 atom stereocenters. The Bertz CT molecular complexity index is 1290. The van der Waals surface area contributed by atoms with Crippen molar-refractivity contribution in [3.05, 3.63) is 95.2 Å². The van der Waals surface area contributed by atoms with E-state index in [1.807, 2.05) is 0 Å². The Morgan fingerprint density at radius 1 is 0.865 bits per heavy atom. The van der Waals surface area contributed by atoms with Crippen LogP contribution < -0.4 is 4.74 Å². The molecule has 1 unspecified atom stereocenters. The average molecular weight is 495 g/mol. The molecule has 1 aromatic heterocycles. The van der Waals surface area contributed by atoms with Crippen molar-refractivity contribution in [1.82, 2.24) is 19.9 Å². The van der Waals surface area contributed by atoms with Gasteiger partial charge in [0.15, 0.2) is 0 Å². The number of ether oxygens (including phenoxy) is 1. The Balaban J connectivity index is 1.55. The summed E-state index contributed by atoms with van der Waals surface area (Å²) >= 11 is 0. The van der Waals surface area contributed by atoms with Gasteiger partial charge in [-0.3, -0.25) is 4.90 Å². The zero-order valence-electron chi connectivity index (χ0n) is 22.4. The van der Waals surface area contributed by atoms with Crippen LogP contribution in [0.3, 0.4) is 0 Å². The summed E-state index contributed by atoms with van der Waals surface area (Å²) < 4.78 is 7.49. The lowest BCUT2D eigenvalue weighted by Gasteiger charge is -2.30. The highest BCUT2D eigenvalue weighted by Gasteiger charge is 2.32. The molecule has 0 saturated heterocycles. The fraction of sp³-hybridized carbons (Fsp3) is 0.375. The molecule has 4 aromatic rings. The Morgan fingerprint density at radius 2 is 1.62 bits per heavy atom. The normalized spacial score (nSPS) is 15.2. The van der Waals surface area contributed by atoms with Crippen molar-refractivity contribution in [2.24, 2.45) is 0 Å². The first kappa shape index (κ1) is 25.2. The number of hydrogen-bond acceptors (Lipinski definition) is 4. The number of para-hydroxylation sites is 1. The van der Waals surface area contributed by atoms with Crippen molar-refractivity contribution < 1.29 is 4.74 Å². The SMILES string of the molecule is CCCCCc1ccc(-c2nnn3c2C(CCC)N(Cc2ccc(OC)cc2)Cc2ccccc2-3)cc1. The van der Waals surface area contributed by atoms with E-state index in [2.05, 4.69) is 96.2 Å². The Morgan fingerprint density at radius 3 is 2.35 bits per heavy atom. The number of methoxy groups -OCH3 is 1. The van der Waals surface area contributed by atoms with Crippen molar-refractivity contribution >= 4 is 0 Å². The van der Waals surface area contributed by atoms with Gasteiger partial charge in [0.05, 0.1) is 24.5 Å². The highest BCUT2D eigenvalue weighted by molar-refractivity contribution is 5.64. The van der Waals surface area contributed by atoms with Crippen LogP contribution in [0.4, 0.5) is 0 Å². The van der Waals surface area contributed by atoms with Crippen LogP contribution in [0.5, 0.6) is 5.75 Å². The topological polar surface area (TPSA) is 43.2 Å². The van der Waals surface area contributed by atoms with E-state index in [9.17, 15) is 0 Å². The van der Waals surface area contributed by atoms with Crippen LogP contribution >= 0.6 is 0 Å². The minimum atomic E-state index is 0.203. The predicted molar refractivity (Wildman–Crippen MR) is 150 cm³/mol. The van der Waals surface area contributed by atoms with Gasteiger partial charge in [-0.2, -0.15) is 0 Å². The smallest absolute Gasteiger partial charge is 0.118 e. The maximum atomic E-state index is 5.39. The number of fused-ring (bicyclic) bond motifs is 3. The van der Waals surface area contributed by atoms with E-state index in [0.717, 1.165) is 55.0 Å². The van der Waals surface area contributed by atoms with Gasteiger partial charge in [-0.05, 0) is 54.2 Å². The summed E-state index contributed by atoms with van der Waals surface area (Å²) in [5.74, 6) is 0.887. The molecule has 0 N–H and O–H groups in total. The first-order chi connectivity index (χ1) is 18.2. The second-order valence-electron chi connectivity index (χ2n) is 10.1. The van der Waals surface area contributed by atoms with Crippen molar-refractivity contribution in [2.45, 2.75) is 71.5 Å². The fourth-order valence-corrected chi connectivity index (χ4v) is 5.46. The Kier molecular flexibility index (Phi) is 8.00. The summed E-state index contributed by atoms with van der Waals surface area (Å²) in [7, 11) is 1.71. The number of hydrogen-bond donors (Lipinski definition) is 0. The minimum absolute atomic E-state index is 0.203. The van der Waals surface area contributed by atoms with E-state index < -0.39 is 0 Å². The maximum absolute atomic E-state index is 5.39. The van der Waals surface area contributed by atoms with Gasteiger partial charge >= 0.3 is 0 Å². The molecule has 5 rings (SSSR count). The third kappa shape index (κ3) is 5.47. The molecule has 1 aliphatic rings. The maximum Gasteiger partial charge on any atom is 0.118 e. The number of rotatable bonds is 10. The molecule has 1 aliphatic heterocycles. The summed E-state index contributed by atoms with van der Waals surface area (Å²) in [5, 5.41) is 9.52. The van der Waals surface area contributed by atoms with Gasteiger partial charge in [-0.1, -0.05) is 92.9 Å². The molecule has 37 heavy (non-hydrogen) atoms. The number of nitrogens with zero attached hydrogens (tertiary/aromatic N) is 4. The van der Waals surface area contributed by atoms with Crippen LogP contribution in [0.15, 0.2) is 72.8 Å². The summed E-state index contributed by atoms with van der Waals surface area (Å²) in [4.78, 5) is 2.59. The quantitative estimate of drug-likeness (QED) is 0.214. The molecule has 3 aromatic carbocycles. The molecule has 0 saturated carbocycles. The number of unbranched alkanes of at least 4 members (excludes halogenated alkanes) is 2. The van der Waals surface area contributed by atoms with Crippen molar-refractivity contribution in [3.63, 3.8) is 0 Å². The molecule has 5 heteroatoms. The number of aromatic nitrogens is 3. The van der Waals surface area contributed by atoms with Gasteiger partial charge < -0.3 is 4.74 Å². The Labute approximate surface area is 221 Å². The Hall–Kier alpha value is -3.44. The molecule has 0 aliphatic carbocycles. The first-order valence-corrected chi connectivity index (χ1v) is 13.7. The first-order valence-electron chi connectivity index (χ1n) is 13.7. The van der Waals surface area contributed by atoms with Gasteiger partial charge in [0, 0.05) is 18.7 Å². The lowest BCUT2D eigenvalue weighted by atomic mass is 9.98. The number of benzene rings is 3. The highest BCUT2D eigenvalue weighted by atomic mass is 16.5. The molecular weight excluding hydrogens is 456 g/mol. The molecule has 0 bridgehead atoms. The highest BCUT2D eigenvalue weighted by Crippen LogP contribution is 2.39. The molecule has 0 fully saturated rings. The van der Waals surface area contributed by atoms with Crippen LogP contribution in [-0.2, 0) is 19.5 Å². The van der Waals surface area contributed by atoms with Gasteiger partial charge in [0.2, 0.25) is 0 Å². The summed E-state index contributed by atoms with van der Waals surface area (Å²) in [6, 6.07) is 26.3. The van der Waals surface area contributed by atoms with Gasteiger partial charge in [-0.15, -0.1) is 5.10 Å². The largest absolute Gasteiger partial charge is 0.497 e. The molecule has 0 spiro atoms. The second-order valence-corrected chi connectivity index (χ2v) is 10.1. The fourth-order valence-electron chi connectivity index (χ4n) is 5.46. The van der Waals surface area contributed by atoms with Crippen LogP contribution in [0.1, 0.15) is 74.4 Å². The second kappa shape index (κ2) is 11.7. The standard InChI is InChI=1S/C32H38N4O/c1-4-6-7-11-24-14-18-26(19-15-24)31-32-30(10-5-2)35(22-25-16-20-28(37-3)21-17-25)23-27-12-8-9-13-29(27)36(32)34-33-31/h8-9,12-21,30H,4-7,10-11,22-23H2,1-3H3. The monoisotopic (exact) mass is 494 g/mol. The minimum Gasteiger partial charge on any atom is -0.497 e. The predicted octanol–water partition coefficient (Wildman–Crippen LogP) is 7.53. The third-order valence-corrected chi connectivity index (χ3v) is 7.46. The molecule has 0 radical (unpaired) electrons. The van der Waals surface area contributed by atoms with E-state index in [0.29, 0.717) is 0 Å². The zero-order chi connectivity index (χ0) is 25.6. The van der Waals surface area contributed by atoms with Gasteiger partial charge in [0.1, 0.15) is 11.4 Å². The van der Waals surface area contributed by atoms with Crippen LogP contribution in [0, 0.1) is 0 Å². The van der Waals surface area contributed by atoms with Crippen LogP contribution in [0.2, 0.25) is 0 Å². The van der Waals surface area contributed by atoms with Crippen LogP contribution in [0.25, 0.3) is 16.9 Å². The summed E-state index contributed by atoms with van der Waals surface area (Å²) in [5.41, 5.74) is 8.41. The van der Waals surface area contributed by atoms with Gasteiger partial charge in [0.25, 0.3) is 0 Å². The van der Waals surface area contributed by atoms with Crippen molar-refractivity contribution in [1.29, 1.82) is 0 Å². The van der Waals surface area contributed by atoms with Gasteiger partial charge in [-0.25, -0.2) is 4.68 Å². The lowest BCUT2D eigenvalue weighted by Crippen LogP contribution is -2.28. The van der Waals surface area contributed by atoms with Crippen LogP contribution in [-0.4, -0.2) is 27.0 Å². The van der Waals surface area contributed by atoms with E-state index in [-0.39, 0.29) is 6.04 Å². The van der Waals surface area contributed by atoms with E-state index in [1.54, 1.807) is 7.11 Å². The molecule has 192 valence electrons. The van der Waals surface area contributed by atoms with E-state index >= 15 is 0 Å².